The third-order valence-electron chi connectivity index (χ3n) is 3.90. The van der Waals surface area contributed by atoms with Gasteiger partial charge in [0, 0.05) is 38.6 Å². The van der Waals surface area contributed by atoms with Gasteiger partial charge in [0.15, 0.2) is 0 Å². The molecular weight excluding hydrogens is 305 g/mol. The van der Waals surface area contributed by atoms with Crippen molar-refractivity contribution in [2.45, 2.75) is 13.1 Å². The predicted octanol–water partition coefficient (Wildman–Crippen LogP) is 3.13. The van der Waals surface area contributed by atoms with E-state index >= 15 is 0 Å². The van der Waals surface area contributed by atoms with Crippen molar-refractivity contribution >= 4 is 11.6 Å². The zero-order chi connectivity index (χ0) is 16.4. The van der Waals surface area contributed by atoms with Crippen LogP contribution in [0.5, 0.6) is 0 Å². The Balaban J connectivity index is 1.65. The third kappa shape index (κ3) is 3.55. The van der Waals surface area contributed by atoms with Crippen molar-refractivity contribution in [1.82, 2.24) is 9.97 Å². The van der Waals surface area contributed by atoms with E-state index in [1.54, 1.807) is 6.20 Å². The van der Waals surface area contributed by atoms with Gasteiger partial charge in [0.1, 0.15) is 11.6 Å². The first kappa shape index (κ1) is 15.6. The molecule has 1 aliphatic heterocycles. The Kier molecular flexibility index (Phi) is 4.11. The van der Waals surface area contributed by atoms with Gasteiger partial charge in [-0.05, 0) is 36.8 Å². The van der Waals surface area contributed by atoms with E-state index in [1.807, 2.05) is 24.0 Å². The molecule has 0 aliphatic carbocycles. The van der Waals surface area contributed by atoms with Crippen molar-refractivity contribution in [3.63, 3.8) is 0 Å². The highest BCUT2D eigenvalue weighted by Crippen LogP contribution is 2.29. The van der Waals surface area contributed by atoms with E-state index in [2.05, 4.69) is 14.9 Å². The molecule has 0 amide bonds. The molecule has 3 rings (SSSR count). The molecule has 0 aromatic carbocycles. The lowest BCUT2D eigenvalue weighted by molar-refractivity contribution is -0.137. The fourth-order valence-corrected chi connectivity index (χ4v) is 2.60. The van der Waals surface area contributed by atoms with Gasteiger partial charge in [-0.1, -0.05) is 0 Å². The Morgan fingerprint density at radius 3 is 2.09 bits per heavy atom. The van der Waals surface area contributed by atoms with Gasteiger partial charge in [-0.15, -0.1) is 0 Å². The molecule has 0 bridgehead atoms. The molecule has 1 saturated heterocycles. The van der Waals surface area contributed by atoms with Crippen LogP contribution in [0.1, 0.15) is 11.1 Å². The number of nitrogens with zero attached hydrogens (tertiary/aromatic N) is 4. The first-order chi connectivity index (χ1) is 10.9. The number of rotatable bonds is 2. The Morgan fingerprint density at radius 2 is 1.57 bits per heavy atom. The number of alkyl halides is 3. The number of pyridine rings is 2. The van der Waals surface area contributed by atoms with E-state index in [0.29, 0.717) is 18.9 Å². The lowest BCUT2D eigenvalue weighted by Crippen LogP contribution is -2.47. The standard InChI is InChI=1S/C16H17F3N4/c1-12-4-5-20-15(10-12)23-8-6-22(7-9-23)14-3-2-13(11-21-14)16(17,18)19/h2-5,10-11H,6-9H2,1H3. The summed E-state index contributed by atoms with van der Waals surface area (Å²) in [6.45, 7) is 4.95. The van der Waals surface area contributed by atoms with Crippen molar-refractivity contribution in [2.75, 3.05) is 36.0 Å². The van der Waals surface area contributed by atoms with E-state index < -0.39 is 11.7 Å². The Labute approximate surface area is 132 Å². The van der Waals surface area contributed by atoms with Crippen LogP contribution < -0.4 is 9.80 Å². The van der Waals surface area contributed by atoms with E-state index in [-0.39, 0.29) is 0 Å². The average Bonchev–Trinajstić information content (AvgIpc) is 2.54. The topological polar surface area (TPSA) is 32.3 Å². The molecule has 0 saturated carbocycles. The van der Waals surface area contributed by atoms with Crippen LogP contribution in [-0.2, 0) is 6.18 Å². The van der Waals surface area contributed by atoms with E-state index in [0.717, 1.165) is 36.7 Å². The maximum Gasteiger partial charge on any atom is 0.417 e. The van der Waals surface area contributed by atoms with Gasteiger partial charge in [-0.2, -0.15) is 13.2 Å². The summed E-state index contributed by atoms with van der Waals surface area (Å²) < 4.78 is 37.7. The van der Waals surface area contributed by atoms with E-state index in [1.165, 1.54) is 6.07 Å². The molecule has 4 nitrogen and oxygen atoms in total. The van der Waals surface area contributed by atoms with E-state index in [9.17, 15) is 13.2 Å². The van der Waals surface area contributed by atoms with Crippen LogP contribution in [0, 0.1) is 6.92 Å². The summed E-state index contributed by atoms with van der Waals surface area (Å²) in [6.07, 6.45) is -1.67. The summed E-state index contributed by atoms with van der Waals surface area (Å²) in [4.78, 5) is 12.5. The summed E-state index contributed by atoms with van der Waals surface area (Å²) in [5, 5.41) is 0. The highest BCUT2D eigenvalue weighted by molar-refractivity contribution is 5.46. The molecule has 122 valence electrons. The maximum atomic E-state index is 12.6. The monoisotopic (exact) mass is 322 g/mol. The lowest BCUT2D eigenvalue weighted by atomic mass is 10.2. The van der Waals surface area contributed by atoms with Gasteiger partial charge in [0.25, 0.3) is 0 Å². The van der Waals surface area contributed by atoms with Gasteiger partial charge >= 0.3 is 6.18 Å². The van der Waals surface area contributed by atoms with E-state index in [4.69, 9.17) is 0 Å². The van der Waals surface area contributed by atoms with Gasteiger partial charge in [-0.25, -0.2) is 9.97 Å². The highest BCUT2D eigenvalue weighted by atomic mass is 19.4. The van der Waals surface area contributed by atoms with Crippen molar-refractivity contribution < 1.29 is 13.2 Å². The first-order valence-corrected chi connectivity index (χ1v) is 7.39. The summed E-state index contributed by atoms with van der Waals surface area (Å²) in [5.74, 6) is 1.51. The minimum absolute atomic E-state index is 0.579. The maximum absolute atomic E-state index is 12.6. The molecule has 3 heterocycles. The zero-order valence-electron chi connectivity index (χ0n) is 12.7. The van der Waals surface area contributed by atoms with Crippen LogP contribution in [0.15, 0.2) is 36.7 Å². The van der Waals surface area contributed by atoms with Crippen LogP contribution >= 0.6 is 0 Å². The molecule has 1 aliphatic rings. The Bertz CT molecular complexity index is 662. The second-order valence-corrected chi connectivity index (χ2v) is 5.57. The van der Waals surface area contributed by atoms with Crippen molar-refractivity contribution in [2.24, 2.45) is 0 Å². The molecule has 7 heteroatoms. The fourth-order valence-electron chi connectivity index (χ4n) is 2.60. The Morgan fingerprint density at radius 1 is 0.913 bits per heavy atom. The van der Waals surface area contributed by atoms with Crippen molar-refractivity contribution in [3.05, 3.63) is 47.8 Å². The molecule has 0 spiro atoms. The quantitative estimate of drug-likeness (QED) is 0.850. The van der Waals surface area contributed by atoms with Crippen molar-refractivity contribution in [3.8, 4) is 0 Å². The molecule has 23 heavy (non-hydrogen) atoms. The van der Waals surface area contributed by atoms with Crippen LogP contribution in [0.3, 0.4) is 0 Å². The number of halogens is 3. The number of piperazine rings is 1. The summed E-state index contributed by atoms with van der Waals surface area (Å²) >= 11 is 0. The van der Waals surface area contributed by atoms with Crippen LogP contribution in [0.4, 0.5) is 24.8 Å². The second kappa shape index (κ2) is 6.06. The summed E-state index contributed by atoms with van der Waals surface area (Å²) in [5.41, 5.74) is 0.436. The number of anilines is 2. The molecule has 2 aromatic heterocycles. The van der Waals surface area contributed by atoms with Gasteiger partial charge in [0.05, 0.1) is 5.56 Å². The molecule has 2 aromatic rings. The largest absolute Gasteiger partial charge is 0.417 e. The van der Waals surface area contributed by atoms with Gasteiger partial charge in [0.2, 0.25) is 0 Å². The minimum Gasteiger partial charge on any atom is -0.353 e. The highest BCUT2D eigenvalue weighted by Gasteiger charge is 2.31. The van der Waals surface area contributed by atoms with Crippen LogP contribution in [-0.4, -0.2) is 36.1 Å². The minimum atomic E-state index is -4.35. The molecular formula is C16H17F3N4. The molecule has 0 unspecified atom stereocenters. The molecule has 0 N–H and O–H groups in total. The zero-order valence-corrected chi connectivity index (χ0v) is 12.7. The summed E-state index contributed by atoms with van der Waals surface area (Å²) in [7, 11) is 0. The molecule has 0 radical (unpaired) electrons. The van der Waals surface area contributed by atoms with Crippen LogP contribution in [0.25, 0.3) is 0 Å². The number of aryl methyl sites for hydroxylation is 1. The third-order valence-corrected chi connectivity index (χ3v) is 3.90. The first-order valence-electron chi connectivity index (χ1n) is 7.39. The molecule has 0 atom stereocenters. The average molecular weight is 322 g/mol. The van der Waals surface area contributed by atoms with Crippen LogP contribution in [0.2, 0.25) is 0 Å². The second-order valence-electron chi connectivity index (χ2n) is 5.57. The van der Waals surface area contributed by atoms with Crippen molar-refractivity contribution in [1.29, 1.82) is 0 Å². The lowest BCUT2D eigenvalue weighted by Gasteiger charge is -2.36. The predicted molar refractivity (Wildman–Crippen MR) is 82.6 cm³/mol. The normalized spacial score (nSPS) is 15.8. The molecule has 1 fully saturated rings. The SMILES string of the molecule is Cc1ccnc(N2CCN(c3ccc(C(F)(F)F)cn3)CC2)c1. The summed E-state index contributed by atoms with van der Waals surface area (Å²) in [6, 6.07) is 6.50. The number of hydrogen-bond acceptors (Lipinski definition) is 4. The number of hydrogen-bond donors (Lipinski definition) is 0. The Hall–Kier alpha value is -2.31. The number of aromatic nitrogens is 2. The van der Waals surface area contributed by atoms with Gasteiger partial charge < -0.3 is 9.80 Å². The van der Waals surface area contributed by atoms with Gasteiger partial charge in [-0.3, -0.25) is 0 Å². The smallest absolute Gasteiger partial charge is 0.353 e. The fraction of sp³-hybridized carbons (Fsp3) is 0.375.